The first kappa shape index (κ1) is 13.7. The molecule has 15 heavy (non-hydrogen) atoms. The number of nitrogens with zero attached hydrogens (tertiary/aromatic N) is 1. The minimum Gasteiger partial charge on any atom is -0.481 e. The Morgan fingerprint density at radius 1 is 1.40 bits per heavy atom. The minimum atomic E-state index is -4.53. The van der Waals surface area contributed by atoms with Gasteiger partial charge < -0.3 is 5.11 Å². The van der Waals surface area contributed by atoms with Gasteiger partial charge in [0.25, 0.3) is 0 Å². The first-order valence-corrected chi connectivity index (χ1v) is 3.64. The second-order valence-electron chi connectivity index (χ2n) is 2.58. The minimum absolute atomic E-state index is 0. The van der Waals surface area contributed by atoms with Crippen LogP contribution in [0.15, 0.2) is 18.2 Å². The molecule has 0 aliphatic heterocycles. The molecule has 1 aromatic heterocycles. The van der Waals surface area contributed by atoms with Crippen molar-refractivity contribution in [1.82, 2.24) is 4.98 Å². The first-order valence-electron chi connectivity index (χ1n) is 3.64. The molecule has 0 fully saturated rings. The lowest BCUT2D eigenvalue weighted by atomic mass is 10.2. The van der Waals surface area contributed by atoms with E-state index in [1.54, 1.807) is 0 Å². The Morgan fingerprint density at radius 3 is 2.47 bits per heavy atom. The van der Waals surface area contributed by atoms with E-state index in [0.29, 0.717) is 0 Å². The van der Waals surface area contributed by atoms with E-state index in [0.717, 1.165) is 12.1 Å². The highest BCUT2D eigenvalue weighted by molar-refractivity contribution is 5.85. The number of aromatic nitrogens is 1. The first-order chi connectivity index (χ1) is 6.39. The third-order valence-electron chi connectivity index (χ3n) is 1.43. The molecule has 1 N–H and O–H groups in total. The number of hydrogen-bond donors (Lipinski definition) is 1. The predicted octanol–water partition coefficient (Wildman–Crippen LogP) is 2.15. The molecule has 0 amide bonds. The van der Waals surface area contributed by atoms with Gasteiger partial charge in [0.1, 0.15) is 5.69 Å². The van der Waals surface area contributed by atoms with Crippen molar-refractivity contribution in [2.45, 2.75) is 12.6 Å². The van der Waals surface area contributed by atoms with Gasteiger partial charge in [0.2, 0.25) is 0 Å². The van der Waals surface area contributed by atoms with Gasteiger partial charge >= 0.3 is 12.1 Å². The molecule has 0 atom stereocenters. The van der Waals surface area contributed by atoms with Crippen molar-refractivity contribution in [3.8, 4) is 0 Å². The van der Waals surface area contributed by atoms with Crippen LogP contribution < -0.4 is 0 Å². The summed E-state index contributed by atoms with van der Waals surface area (Å²) in [6.45, 7) is 0. The molecule has 7 heteroatoms. The van der Waals surface area contributed by atoms with Crippen molar-refractivity contribution in [3.63, 3.8) is 0 Å². The molecule has 1 rings (SSSR count). The van der Waals surface area contributed by atoms with Crippen LogP contribution >= 0.6 is 12.4 Å². The van der Waals surface area contributed by atoms with Crippen LogP contribution in [0.4, 0.5) is 13.2 Å². The Morgan fingerprint density at radius 2 is 2.00 bits per heavy atom. The smallest absolute Gasteiger partial charge is 0.433 e. The lowest BCUT2D eigenvalue weighted by Gasteiger charge is -2.06. The summed E-state index contributed by atoms with van der Waals surface area (Å²) in [7, 11) is 0. The maximum absolute atomic E-state index is 12.1. The van der Waals surface area contributed by atoms with Crippen LogP contribution in [-0.4, -0.2) is 16.1 Å². The molecule has 0 aliphatic rings. The Hall–Kier alpha value is -1.30. The maximum Gasteiger partial charge on any atom is 0.433 e. The summed E-state index contributed by atoms with van der Waals surface area (Å²) in [5.74, 6) is -1.21. The maximum atomic E-state index is 12.1. The highest BCUT2D eigenvalue weighted by Gasteiger charge is 2.32. The van der Waals surface area contributed by atoms with E-state index in [1.807, 2.05) is 0 Å². The second-order valence-corrected chi connectivity index (χ2v) is 2.58. The molecular weight excluding hydrogens is 235 g/mol. The van der Waals surface area contributed by atoms with Crippen LogP contribution in [0, 0.1) is 0 Å². The summed E-state index contributed by atoms with van der Waals surface area (Å²) in [5.41, 5.74) is -1.18. The fraction of sp³-hybridized carbons (Fsp3) is 0.250. The average Bonchev–Trinajstić information content (AvgIpc) is 2.01. The standard InChI is InChI=1S/C8H6F3NO2.ClH/c9-8(10,11)6-3-1-2-5(12-6)4-7(13)14;/h1-3H,4H2,(H,13,14);1H. The zero-order valence-corrected chi connectivity index (χ0v) is 8.10. The number of carbonyl (C=O) groups is 1. The summed E-state index contributed by atoms with van der Waals surface area (Å²) < 4.78 is 36.3. The van der Waals surface area contributed by atoms with Crippen LogP contribution in [0.25, 0.3) is 0 Å². The fourth-order valence-corrected chi connectivity index (χ4v) is 0.891. The van der Waals surface area contributed by atoms with Crippen molar-refractivity contribution >= 4 is 18.4 Å². The highest BCUT2D eigenvalue weighted by atomic mass is 35.5. The number of aliphatic carboxylic acids is 1. The highest BCUT2D eigenvalue weighted by Crippen LogP contribution is 2.27. The van der Waals surface area contributed by atoms with Crippen LogP contribution in [0.3, 0.4) is 0 Å². The molecule has 0 unspecified atom stereocenters. The number of carboxylic acids is 1. The van der Waals surface area contributed by atoms with Gasteiger partial charge in [-0.05, 0) is 12.1 Å². The fourth-order valence-electron chi connectivity index (χ4n) is 0.891. The van der Waals surface area contributed by atoms with Crippen LogP contribution in [0.1, 0.15) is 11.4 Å². The van der Waals surface area contributed by atoms with E-state index in [1.165, 1.54) is 6.07 Å². The third-order valence-corrected chi connectivity index (χ3v) is 1.43. The topological polar surface area (TPSA) is 50.2 Å². The predicted molar refractivity (Wildman–Crippen MR) is 47.8 cm³/mol. The normalized spacial score (nSPS) is 10.6. The quantitative estimate of drug-likeness (QED) is 0.863. The van der Waals surface area contributed by atoms with Crippen LogP contribution in [-0.2, 0) is 17.4 Å². The summed E-state index contributed by atoms with van der Waals surface area (Å²) >= 11 is 0. The van der Waals surface area contributed by atoms with Gasteiger partial charge in [0, 0.05) is 0 Å². The monoisotopic (exact) mass is 241 g/mol. The Labute approximate surface area is 89.4 Å². The molecular formula is C8H7ClF3NO2. The van der Waals surface area contributed by atoms with Crippen molar-refractivity contribution in [3.05, 3.63) is 29.6 Å². The Bertz CT molecular complexity index is 354. The van der Waals surface area contributed by atoms with Gasteiger partial charge in [-0.25, -0.2) is 4.98 Å². The van der Waals surface area contributed by atoms with Crippen LogP contribution in [0.5, 0.6) is 0 Å². The van der Waals surface area contributed by atoms with Gasteiger partial charge in [-0.1, -0.05) is 6.07 Å². The van der Waals surface area contributed by atoms with Crippen LogP contribution in [0.2, 0.25) is 0 Å². The van der Waals surface area contributed by atoms with Gasteiger partial charge in [-0.2, -0.15) is 13.2 Å². The van der Waals surface area contributed by atoms with Gasteiger partial charge in [0.05, 0.1) is 12.1 Å². The van der Waals surface area contributed by atoms with E-state index in [-0.39, 0.29) is 18.1 Å². The molecule has 0 radical (unpaired) electrons. The SMILES string of the molecule is Cl.O=C(O)Cc1cccc(C(F)(F)F)n1. The number of carboxylic acid groups (broad SMARTS) is 1. The lowest BCUT2D eigenvalue weighted by Crippen LogP contribution is -2.11. The van der Waals surface area contributed by atoms with E-state index in [4.69, 9.17) is 5.11 Å². The largest absolute Gasteiger partial charge is 0.481 e. The lowest BCUT2D eigenvalue weighted by molar-refractivity contribution is -0.142. The summed E-state index contributed by atoms with van der Waals surface area (Å²) in [5, 5.41) is 8.34. The summed E-state index contributed by atoms with van der Waals surface area (Å²) in [6, 6.07) is 3.17. The zero-order valence-electron chi connectivity index (χ0n) is 7.28. The number of rotatable bonds is 2. The molecule has 0 saturated carbocycles. The number of hydrogen-bond acceptors (Lipinski definition) is 2. The molecule has 84 valence electrons. The molecule has 0 aromatic carbocycles. The van der Waals surface area contributed by atoms with Gasteiger partial charge in [-0.15, -0.1) is 12.4 Å². The molecule has 3 nitrogen and oxygen atoms in total. The van der Waals surface area contributed by atoms with E-state index in [2.05, 4.69) is 4.98 Å². The second kappa shape index (κ2) is 4.97. The molecule has 0 aliphatic carbocycles. The average molecular weight is 242 g/mol. The van der Waals surface area contributed by atoms with Crippen molar-refractivity contribution in [2.24, 2.45) is 0 Å². The molecule has 1 aromatic rings. The van der Waals surface area contributed by atoms with E-state index in [9.17, 15) is 18.0 Å². The van der Waals surface area contributed by atoms with E-state index >= 15 is 0 Å². The zero-order chi connectivity index (χ0) is 10.8. The van der Waals surface area contributed by atoms with Gasteiger partial charge in [0.15, 0.2) is 0 Å². The van der Waals surface area contributed by atoms with Crippen molar-refractivity contribution in [2.75, 3.05) is 0 Å². The summed E-state index contributed by atoms with van der Waals surface area (Å²) in [4.78, 5) is 13.4. The number of alkyl halides is 3. The molecule has 0 bridgehead atoms. The number of halogens is 4. The van der Waals surface area contributed by atoms with Gasteiger partial charge in [-0.3, -0.25) is 4.79 Å². The summed E-state index contributed by atoms with van der Waals surface area (Å²) in [6.07, 6.45) is -5.04. The molecule has 1 heterocycles. The van der Waals surface area contributed by atoms with Crippen molar-refractivity contribution < 1.29 is 23.1 Å². The molecule has 0 saturated heterocycles. The number of pyridine rings is 1. The molecule has 0 spiro atoms. The Kier molecular flexibility index (Phi) is 4.54. The third kappa shape index (κ3) is 4.16. The Balaban J connectivity index is 0.00000196. The van der Waals surface area contributed by atoms with Crippen molar-refractivity contribution in [1.29, 1.82) is 0 Å². The van der Waals surface area contributed by atoms with E-state index < -0.39 is 24.3 Å².